The van der Waals surface area contributed by atoms with E-state index >= 15 is 0 Å². The maximum atomic E-state index is 12.2. The van der Waals surface area contributed by atoms with E-state index in [1.54, 1.807) is 4.90 Å². The molecule has 0 aliphatic carbocycles. The number of rotatable bonds is 5. The smallest absolute Gasteiger partial charge is 0.317 e. The quantitative estimate of drug-likeness (QED) is 0.862. The van der Waals surface area contributed by atoms with Crippen LogP contribution in [-0.4, -0.2) is 53.2 Å². The van der Waals surface area contributed by atoms with Crippen LogP contribution >= 0.6 is 0 Å². The van der Waals surface area contributed by atoms with Gasteiger partial charge in [0.2, 0.25) is 0 Å². The van der Waals surface area contributed by atoms with Gasteiger partial charge in [0.1, 0.15) is 0 Å². The average Bonchev–Trinajstić information content (AvgIpc) is 3.12. The van der Waals surface area contributed by atoms with E-state index in [0.29, 0.717) is 19.1 Å². The van der Waals surface area contributed by atoms with Crippen molar-refractivity contribution < 1.29 is 9.90 Å². The molecular weight excluding hydrogens is 314 g/mol. The molecule has 2 aliphatic heterocycles. The minimum absolute atomic E-state index is 0.0258. The molecule has 5 heteroatoms. The number of benzene rings is 1. The molecule has 3 rings (SSSR count). The van der Waals surface area contributed by atoms with Crippen molar-refractivity contribution in [1.29, 1.82) is 0 Å². The average molecular weight is 345 g/mol. The lowest BCUT2D eigenvalue weighted by molar-refractivity contribution is 0.152. The first-order valence-electron chi connectivity index (χ1n) is 9.61. The molecule has 2 heterocycles. The topological polar surface area (TPSA) is 55.8 Å². The van der Waals surface area contributed by atoms with Crippen LogP contribution < -0.4 is 5.32 Å². The second-order valence-corrected chi connectivity index (χ2v) is 7.57. The van der Waals surface area contributed by atoms with Crippen molar-refractivity contribution in [3.8, 4) is 0 Å². The number of carbonyl (C=O) groups is 1. The monoisotopic (exact) mass is 345 g/mol. The summed E-state index contributed by atoms with van der Waals surface area (Å²) in [5.74, 6) is 0.238. The highest BCUT2D eigenvalue weighted by Crippen LogP contribution is 2.19. The zero-order chi connectivity index (χ0) is 17.6. The molecule has 2 unspecified atom stereocenters. The molecule has 138 valence electrons. The van der Waals surface area contributed by atoms with Gasteiger partial charge in [0.05, 0.1) is 0 Å². The van der Waals surface area contributed by atoms with E-state index in [1.165, 1.54) is 31.4 Å². The maximum Gasteiger partial charge on any atom is 0.317 e. The van der Waals surface area contributed by atoms with Gasteiger partial charge in [0.15, 0.2) is 0 Å². The number of likely N-dealkylation sites (tertiary alicyclic amines) is 2. The molecular formula is C20H31N3O2. The van der Waals surface area contributed by atoms with Gasteiger partial charge in [-0.3, -0.25) is 4.90 Å². The lowest BCUT2D eigenvalue weighted by Crippen LogP contribution is -2.38. The Morgan fingerprint density at radius 2 is 1.92 bits per heavy atom. The second-order valence-electron chi connectivity index (χ2n) is 7.57. The normalized spacial score (nSPS) is 24.5. The van der Waals surface area contributed by atoms with E-state index in [4.69, 9.17) is 0 Å². The SMILES string of the molecule is CC1CCCCN1Cc1ccc(CNC(=O)N2CCC(CO)C2)cc1. The lowest BCUT2D eigenvalue weighted by Gasteiger charge is -2.33. The molecule has 5 nitrogen and oxygen atoms in total. The van der Waals surface area contributed by atoms with Gasteiger partial charge in [-0.15, -0.1) is 0 Å². The standard InChI is InChI=1S/C20H31N3O2/c1-16-4-2-3-10-22(16)13-18-7-5-17(6-8-18)12-21-20(25)23-11-9-19(14-23)15-24/h5-8,16,19,24H,2-4,9-15H2,1H3,(H,21,25). The second kappa shape index (κ2) is 8.68. The number of nitrogens with zero attached hydrogens (tertiary/aromatic N) is 2. The minimum Gasteiger partial charge on any atom is -0.396 e. The van der Waals surface area contributed by atoms with E-state index < -0.39 is 0 Å². The van der Waals surface area contributed by atoms with Gasteiger partial charge in [0.25, 0.3) is 0 Å². The molecule has 1 aromatic carbocycles. The van der Waals surface area contributed by atoms with Crippen LogP contribution in [0, 0.1) is 5.92 Å². The van der Waals surface area contributed by atoms with Crippen molar-refractivity contribution in [3.05, 3.63) is 35.4 Å². The third kappa shape index (κ3) is 4.95. The van der Waals surface area contributed by atoms with Gasteiger partial charge in [-0.2, -0.15) is 0 Å². The Labute approximate surface area is 151 Å². The number of aliphatic hydroxyl groups is 1. The molecule has 0 bridgehead atoms. The summed E-state index contributed by atoms with van der Waals surface area (Å²) in [5.41, 5.74) is 2.47. The van der Waals surface area contributed by atoms with E-state index in [9.17, 15) is 9.90 Å². The Bertz CT molecular complexity index is 561. The summed E-state index contributed by atoms with van der Waals surface area (Å²) < 4.78 is 0. The highest BCUT2D eigenvalue weighted by molar-refractivity contribution is 5.74. The Morgan fingerprint density at radius 1 is 1.16 bits per heavy atom. The largest absolute Gasteiger partial charge is 0.396 e. The molecule has 0 aromatic heterocycles. The lowest BCUT2D eigenvalue weighted by atomic mass is 10.0. The molecule has 2 fully saturated rings. The first kappa shape index (κ1) is 18.2. The maximum absolute atomic E-state index is 12.2. The Kier molecular flexibility index (Phi) is 6.32. The Hall–Kier alpha value is -1.59. The molecule has 2 amide bonds. The number of hydrogen-bond donors (Lipinski definition) is 2. The number of carbonyl (C=O) groups excluding carboxylic acids is 1. The molecule has 2 saturated heterocycles. The molecule has 0 radical (unpaired) electrons. The summed E-state index contributed by atoms with van der Waals surface area (Å²) >= 11 is 0. The number of amides is 2. The zero-order valence-electron chi connectivity index (χ0n) is 15.3. The van der Waals surface area contributed by atoms with Crippen molar-refractivity contribution in [2.45, 2.75) is 51.7 Å². The molecule has 0 saturated carbocycles. The summed E-state index contributed by atoms with van der Waals surface area (Å²) in [6, 6.07) is 9.24. The van der Waals surface area contributed by atoms with Crippen LogP contribution in [0.2, 0.25) is 0 Å². The number of piperidine rings is 1. The van der Waals surface area contributed by atoms with Gasteiger partial charge in [-0.25, -0.2) is 4.79 Å². The van der Waals surface area contributed by atoms with Crippen LogP contribution in [0.5, 0.6) is 0 Å². The van der Waals surface area contributed by atoms with Crippen LogP contribution in [0.4, 0.5) is 4.79 Å². The molecule has 2 atom stereocenters. The summed E-state index contributed by atoms with van der Waals surface area (Å²) in [7, 11) is 0. The van der Waals surface area contributed by atoms with Gasteiger partial charge in [0, 0.05) is 44.7 Å². The van der Waals surface area contributed by atoms with Gasteiger partial charge >= 0.3 is 6.03 Å². The number of nitrogens with one attached hydrogen (secondary N) is 1. The predicted octanol–water partition coefficient (Wildman–Crippen LogP) is 2.58. The van der Waals surface area contributed by atoms with Crippen LogP contribution in [0.15, 0.2) is 24.3 Å². The van der Waals surface area contributed by atoms with E-state index in [-0.39, 0.29) is 18.6 Å². The summed E-state index contributed by atoms with van der Waals surface area (Å²) in [4.78, 5) is 16.5. The summed E-state index contributed by atoms with van der Waals surface area (Å²) in [6.45, 7) is 6.66. The van der Waals surface area contributed by atoms with E-state index in [1.807, 2.05) is 0 Å². The number of aliphatic hydroxyl groups excluding tert-OH is 1. The van der Waals surface area contributed by atoms with Gasteiger partial charge in [-0.05, 0) is 43.9 Å². The highest BCUT2D eigenvalue weighted by atomic mass is 16.3. The highest BCUT2D eigenvalue weighted by Gasteiger charge is 2.25. The third-order valence-electron chi connectivity index (χ3n) is 5.62. The first-order valence-corrected chi connectivity index (χ1v) is 9.61. The zero-order valence-corrected chi connectivity index (χ0v) is 15.3. The van der Waals surface area contributed by atoms with Crippen molar-refractivity contribution in [2.24, 2.45) is 5.92 Å². The van der Waals surface area contributed by atoms with Gasteiger partial charge < -0.3 is 15.3 Å². The minimum atomic E-state index is -0.0258. The van der Waals surface area contributed by atoms with Crippen molar-refractivity contribution >= 4 is 6.03 Å². The fourth-order valence-corrected chi connectivity index (χ4v) is 3.85. The Balaban J connectivity index is 1.45. The molecule has 1 aromatic rings. The van der Waals surface area contributed by atoms with Crippen LogP contribution in [0.3, 0.4) is 0 Å². The Morgan fingerprint density at radius 3 is 2.60 bits per heavy atom. The summed E-state index contributed by atoms with van der Waals surface area (Å²) in [5, 5.41) is 12.2. The molecule has 2 aliphatic rings. The number of hydrogen-bond acceptors (Lipinski definition) is 3. The fourth-order valence-electron chi connectivity index (χ4n) is 3.85. The van der Waals surface area contributed by atoms with E-state index in [2.05, 4.69) is 41.4 Å². The van der Waals surface area contributed by atoms with Gasteiger partial charge in [-0.1, -0.05) is 30.7 Å². The van der Waals surface area contributed by atoms with Crippen molar-refractivity contribution in [3.63, 3.8) is 0 Å². The van der Waals surface area contributed by atoms with Crippen molar-refractivity contribution in [2.75, 3.05) is 26.2 Å². The van der Waals surface area contributed by atoms with Crippen molar-refractivity contribution in [1.82, 2.24) is 15.1 Å². The fraction of sp³-hybridized carbons (Fsp3) is 0.650. The van der Waals surface area contributed by atoms with E-state index in [0.717, 1.165) is 25.1 Å². The van der Waals surface area contributed by atoms with Crippen LogP contribution in [0.25, 0.3) is 0 Å². The molecule has 2 N–H and O–H groups in total. The molecule has 25 heavy (non-hydrogen) atoms. The first-order chi connectivity index (χ1) is 12.2. The number of urea groups is 1. The molecule has 0 spiro atoms. The van der Waals surface area contributed by atoms with Crippen LogP contribution in [0.1, 0.15) is 43.7 Å². The van der Waals surface area contributed by atoms with Crippen LogP contribution in [-0.2, 0) is 13.1 Å². The predicted molar refractivity (Wildman–Crippen MR) is 99.2 cm³/mol. The third-order valence-corrected chi connectivity index (χ3v) is 5.62. The summed E-state index contributed by atoms with van der Waals surface area (Å²) in [6.07, 6.45) is 4.86.